The maximum Gasteiger partial charge on any atom is 0.292 e. The van der Waals surface area contributed by atoms with E-state index in [9.17, 15) is 15.2 Å². The zero-order valence-electron chi connectivity index (χ0n) is 11.2. The van der Waals surface area contributed by atoms with Gasteiger partial charge in [0.15, 0.2) is 0 Å². The molecule has 1 heterocycles. The van der Waals surface area contributed by atoms with Crippen molar-refractivity contribution in [2.24, 2.45) is 11.8 Å². The van der Waals surface area contributed by atoms with Gasteiger partial charge in [0.25, 0.3) is 5.69 Å². The Kier molecular flexibility index (Phi) is 3.35. The monoisotopic (exact) mass is 277 g/mol. The number of nitro benzene ring substituents is 1. The first kappa shape index (κ1) is 13.3. The van der Waals surface area contributed by atoms with Crippen LogP contribution in [0.3, 0.4) is 0 Å². The van der Waals surface area contributed by atoms with Crippen molar-refractivity contribution in [2.75, 3.05) is 18.8 Å². The minimum absolute atomic E-state index is 0.0260. The number of aliphatic hydroxyl groups is 1. The molecule has 20 heavy (non-hydrogen) atoms. The number of nitrogens with two attached hydrogens (primary N) is 1. The molecule has 1 aliphatic heterocycles. The number of rotatable bonds is 3. The molecular formula is C14H19N3O3. The molecule has 0 spiro atoms. The summed E-state index contributed by atoms with van der Waals surface area (Å²) in [5.41, 5.74) is 6.92. The number of anilines is 1. The molecule has 6 nitrogen and oxygen atoms in total. The summed E-state index contributed by atoms with van der Waals surface area (Å²) in [4.78, 5) is 12.7. The maximum absolute atomic E-state index is 10.9. The van der Waals surface area contributed by atoms with E-state index in [1.165, 1.54) is 6.07 Å². The van der Waals surface area contributed by atoms with Crippen LogP contribution in [0.15, 0.2) is 18.2 Å². The standard InChI is InChI=1S/C14H19N3O3/c15-14-10(2-1-3-12(14)17(19)20)7-16-6-9-4-5-13(18)11(9)8-16/h1-3,9,11,13,18H,4-8,15H2. The molecule has 1 aromatic carbocycles. The van der Waals surface area contributed by atoms with Crippen molar-refractivity contribution in [3.8, 4) is 0 Å². The van der Waals surface area contributed by atoms with E-state index in [1.807, 2.05) is 6.07 Å². The lowest BCUT2D eigenvalue weighted by atomic mass is 10.00. The number of fused-ring (bicyclic) bond motifs is 1. The van der Waals surface area contributed by atoms with Crippen LogP contribution in [-0.2, 0) is 6.54 Å². The van der Waals surface area contributed by atoms with Crippen molar-refractivity contribution in [1.29, 1.82) is 0 Å². The van der Waals surface area contributed by atoms with Crippen LogP contribution in [0.5, 0.6) is 0 Å². The van der Waals surface area contributed by atoms with Gasteiger partial charge in [0, 0.05) is 31.6 Å². The van der Waals surface area contributed by atoms with Crippen molar-refractivity contribution >= 4 is 11.4 Å². The van der Waals surface area contributed by atoms with Crippen LogP contribution in [0.2, 0.25) is 0 Å². The Morgan fingerprint density at radius 2 is 2.20 bits per heavy atom. The lowest BCUT2D eigenvalue weighted by Crippen LogP contribution is -2.24. The Hall–Kier alpha value is -1.66. The van der Waals surface area contributed by atoms with E-state index in [0.29, 0.717) is 18.4 Å². The summed E-state index contributed by atoms with van der Waals surface area (Å²) in [5, 5.41) is 20.8. The fourth-order valence-electron chi connectivity index (χ4n) is 3.60. The number of likely N-dealkylation sites (tertiary alicyclic amines) is 1. The van der Waals surface area contributed by atoms with Gasteiger partial charge < -0.3 is 10.8 Å². The number of para-hydroxylation sites is 1. The predicted molar refractivity (Wildman–Crippen MR) is 75.0 cm³/mol. The summed E-state index contributed by atoms with van der Waals surface area (Å²) in [7, 11) is 0. The van der Waals surface area contributed by atoms with Crippen molar-refractivity contribution in [3.05, 3.63) is 33.9 Å². The smallest absolute Gasteiger partial charge is 0.292 e. The van der Waals surface area contributed by atoms with Gasteiger partial charge in [-0.1, -0.05) is 12.1 Å². The molecule has 1 aromatic rings. The van der Waals surface area contributed by atoms with Gasteiger partial charge in [0.2, 0.25) is 0 Å². The second-order valence-corrected chi connectivity index (χ2v) is 5.87. The first-order valence-corrected chi connectivity index (χ1v) is 6.98. The highest BCUT2D eigenvalue weighted by atomic mass is 16.6. The molecule has 1 saturated heterocycles. The highest BCUT2D eigenvalue weighted by Gasteiger charge is 2.41. The van der Waals surface area contributed by atoms with Gasteiger partial charge in [-0.05, 0) is 24.3 Å². The molecule has 6 heteroatoms. The van der Waals surface area contributed by atoms with E-state index in [1.54, 1.807) is 6.07 Å². The molecule has 0 bridgehead atoms. The largest absolute Gasteiger partial charge is 0.393 e. The minimum atomic E-state index is -0.443. The first-order chi connectivity index (χ1) is 9.56. The third-order valence-corrected chi connectivity index (χ3v) is 4.66. The van der Waals surface area contributed by atoms with Crippen molar-refractivity contribution in [2.45, 2.75) is 25.5 Å². The van der Waals surface area contributed by atoms with E-state index in [2.05, 4.69) is 4.90 Å². The van der Waals surface area contributed by atoms with Crippen LogP contribution < -0.4 is 5.73 Å². The maximum atomic E-state index is 10.9. The molecule has 1 aliphatic carbocycles. The average Bonchev–Trinajstić information content (AvgIpc) is 2.94. The average molecular weight is 277 g/mol. The molecule has 0 radical (unpaired) electrons. The third-order valence-electron chi connectivity index (χ3n) is 4.66. The lowest BCUT2D eigenvalue weighted by Gasteiger charge is -2.18. The summed E-state index contributed by atoms with van der Waals surface area (Å²) >= 11 is 0. The van der Waals surface area contributed by atoms with Gasteiger partial charge in [-0.25, -0.2) is 0 Å². The minimum Gasteiger partial charge on any atom is -0.393 e. The molecule has 3 atom stereocenters. The lowest BCUT2D eigenvalue weighted by molar-refractivity contribution is -0.384. The van der Waals surface area contributed by atoms with Crippen molar-refractivity contribution < 1.29 is 10.0 Å². The Morgan fingerprint density at radius 1 is 1.40 bits per heavy atom. The summed E-state index contributed by atoms with van der Waals surface area (Å²) < 4.78 is 0. The van der Waals surface area contributed by atoms with Crippen LogP contribution in [0, 0.1) is 22.0 Å². The van der Waals surface area contributed by atoms with E-state index >= 15 is 0 Å². The van der Waals surface area contributed by atoms with Gasteiger partial charge >= 0.3 is 0 Å². The molecule has 3 unspecified atom stereocenters. The second kappa shape index (κ2) is 5.03. The molecular weight excluding hydrogens is 258 g/mol. The van der Waals surface area contributed by atoms with Gasteiger partial charge in [0.05, 0.1) is 11.0 Å². The van der Waals surface area contributed by atoms with E-state index in [0.717, 1.165) is 31.5 Å². The molecule has 0 amide bonds. The summed E-state index contributed by atoms with van der Waals surface area (Å²) in [6, 6.07) is 4.95. The summed E-state index contributed by atoms with van der Waals surface area (Å²) in [6.45, 7) is 2.42. The molecule has 1 saturated carbocycles. The molecule has 2 fully saturated rings. The molecule has 2 aliphatic rings. The number of hydrogen-bond donors (Lipinski definition) is 2. The fourth-order valence-corrected chi connectivity index (χ4v) is 3.60. The summed E-state index contributed by atoms with van der Waals surface area (Å²) in [5.74, 6) is 0.917. The molecule has 108 valence electrons. The number of nitrogen functional groups attached to an aromatic ring is 1. The predicted octanol–water partition coefficient (Wildman–Crippen LogP) is 1.38. The first-order valence-electron chi connectivity index (χ1n) is 6.98. The highest BCUT2D eigenvalue weighted by Crippen LogP contribution is 2.39. The Labute approximate surface area is 117 Å². The number of hydrogen-bond acceptors (Lipinski definition) is 5. The zero-order chi connectivity index (χ0) is 14.3. The number of aliphatic hydroxyl groups excluding tert-OH is 1. The van der Waals surface area contributed by atoms with Crippen LogP contribution in [0.4, 0.5) is 11.4 Å². The number of nitro groups is 1. The number of benzene rings is 1. The van der Waals surface area contributed by atoms with Gasteiger partial charge in [-0.3, -0.25) is 15.0 Å². The zero-order valence-corrected chi connectivity index (χ0v) is 11.2. The van der Waals surface area contributed by atoms with Crippen LogP contribution in [0.1, 0.15) is 18.4 Å². The highest BCUT2D eigenvalue weighted by molar-refractivity contribution is 5.62. The third kappa shape index (κ3) is 2.25. The fraction of sp³-hybridized carbons (Fsp3) is 0.571. The van der Waals surface area contributed by atoms with Crippen LogP contribution >= 0.6 is 0 Å². The summed E-state index contributed by atoms with van der Waals surface area (Å²) in [6.07, 6.45) is 1.79. The molecule has 3 rings (SSSR count). The van der Waals surface area contributed by atoms with Gasteiger partial charge in [-0.15, -0.1) is 0 Å². The topological polar surface area (TPSA) is 92.6 Å². The normalized spacial score (nSPS) is 29.6. The second-order valence-electron chi connectivity index (χ2n) is 5.87. The van der Waals surface area contributed by atoms with Crippen molar-refractivity contribution in [3.63, 3.8) is 0 Å². The van der Waals surface area contributed by atoms with Gasteiger partial charge in [0.1, 0.15) is 5.69 Å². The molecule has 3 N–H and O–H groups in total. The van der Waals surface area contributed by atoms with E-state index in [-0.39, 0.29) is 17.5 Å². The van der Waals surface area contributed by atoms with Crippen LogP contribution in [-0.4, -0.2) is 34.1 Å². The van der Waals surface area contributed by atoms with Crippen LogP contribution in [0.25, 0.3) is 0 Å². The SMILES string of the molecule is Nc1c(CN2CC3CCC(O)C3C2)cccc1[N+](=O)[O-]. The number of nitrogens with zero attached hydrogens (tertiary/aromatic N) is 2. The Bertz CT molecular complexity index is 534. The Morgan fingerprint density at radius 3 is 2.90 bits per heavy atom. The Balaban J connectivity index is 1.73. The van der Waals surface area contributed by atoms with E-state index < -0.39 is 4.92 Å². The quantitative estimate of drug-likeness (QED) is 0.494. The van der Waals surface area contributed by atoms with Gasteiger partial charge in [-0.2, -0.15) is 0 Å². The van der Waals surface area contributed by atoms with Crippen molar-refractivity contribution in [1.82, 2.24) is 4.90 Å². The van der Waals surface area contributed by atoms with E-state index in [4.69, 9.17) is 5.73 Å². The molecule has 0 aromatic heterocycles.